The number of rotatable bonds is 8. The van der Waals surface area contributed by atoms with Crippen LogP contribution in [0.1, 0.15) is 53.5 Å². The smallest absolute Gasteiger partial charge is 0.497 e. The lowest BCUT2D eigenvalue weighted by Crippen LogP contribution is -2.47. The van der Waals surface area contributed by atoms with Crippen LogP contribution < -0.4 is 10.1 Å². The van der Waals surface area contributed by atoms with E-state index in [-0.39, 0.29) is 6.54 Å². The number of hydrogen-bond donors (Lipinski definition) is 1. The highest BCUT2D eigenvalue weighted by Gasteiger charge is 2.50. The number of carbonyl (C=O) groups excluding carboxylic acids is 3. The molecule has 218 valence electrons. The van der Waals surface area contributed by atoms with Gasteiger partial charge in [0.1, 0.15) is 17.0 Å². The Morgan fingerprint density at radius 3 is 2.13 bits per heavy atom. The van der Waals surface area contributed by atoms with Crippen LogP contribution >= 0.6 is 0 Å². The molecule has 2 amide bonds. The van der Waals surface area contributed by atoms with Gasteiger partial charge >= 0.3 is 18.3 Å². The zero-order valence-electron chi connectivity index (χ0n) is 24.2. The number of methoxy groups -OCH3 is 1. The van der Waals surface area contributed by atoms with Crippen LogP contribution in [0, 0.1) is 0 Å². The molecule has 0 spiro atoms. The van der Waals surface area contributed by atoms with Gasteiger partial charge in [0.2, 0.25) is 0 Å². The van der Waals surface area contributed by atoms with Gasteiger partial charge < -0.3 is 33.9 Å². The summed E-state index contributed by atoms with van der Waals surface area (Å²) < 4.78 is 27.8. The van der Waals surface area contributed by atoms with Crippen LogP contribution in [-0.2, 0) is 25.4 Å². The second kappa shape index (κ2) is 12.8. The molecule has 11 heteroatoms. The summed E-state index contributed by atoms with van der Waals surface area (Å²) in [5.41, 5.74) is -0.663. The van der Waals surface area contributed by atoms with Crippen molar-refractivity contribution in [2.24, 2.45) is 0 Å². The number of likely N-dealkylation sites (tertiary alicyclic amines) is 2. The van der Waals surface area contributed by atoms with Gasteiger partial charge in [-0.25, -0.2) is 14.4 Å². The second-order valence-electron chi connectivity index (χ2n) is 11.9. The lowest BCUT2D eigenvalue weighted by Gasteiger charge is -2.31. The predicted molar refractivity (Wildman–Crippen MR) is 144 cm³/mol. The van der Waals surface area contributed by atoms with E-state index in [2.05, 4.69) is 10.2 Å². The third-order valence-corrected chi connectivity index (χ3v) is 6.28. The fraction of sp³-hybridized carbons (Fsp3) is 0.679. The van der Waals surface area contributed by atoms with Crippen LogP contribution in [-0.4, -0.2) is 97.4 Å². The Hall–Kier alpha value is -3.21. The third kappa shape index (κ3) is 9.49. The Balaban J connectivity index is 1.84. The Labute approximate surface area is 231 Å². The zero-order valence-corrected chi connectivity index (χ0v) is 24.2. The molecule has 3 atom stereocenters. The fourth-order valence-electron chi connectivity index (χ4n) is 4.36. The van der Waals surface area contributed by atoms with Gasteiger partial charge in [-0.1, -0.05) is 12.1 Å². The van der Waals surface area contributed by atoms with E-state index in [4.69, 9.17) is 23.7 Å². The van der Waals surface area contributed by atoms with Gasteiger partial charge in [-0.05, 0) is 85.2 Å². The Bertz CT molecular complexity index is 982. The van der Waals surface area contributed by atoms with E-state index >= 15 is 0 Å². The molecule has 39 heavy (non-hydrogen) atoms. The molecule has 2 heterocycles. The van der Waals surface area contributed by atoms with E-state index in [0.29, 0.717) is 18.7 Å². The Kier molecular flexibility index (Phi) is 9.93. The zero-order chi connectivity index (χ0) is 28.8. The first kappa shape index (κ1) is 30.3. The molecule has 1 aromatic rings. The van der Waals surface area contributed by atoms with Crippen LogP contribution in [0.15, 0.2) is 24.3 Å². The van der Waals surface area contributed by atoms with Crippen molar-refractivity contribution in [1.29, 1.82) is 0 Å². The van der Waals surface area contributed by atoms with E-state index in [9.17, 15) is 14.4 Å². The maximum absolute atomic E-state index is 13.3. The van der Waals surface area contributed by atoms with E-state index in [1.54, 1.807) is 48.7 Å². The lowest BCUT2D eigenvalue weighted by molar-refractivity contribution is -0.0518. The molecule has 1 N–H and O–H groups in total. The van der Waals surface area contributed by atoms with Crippen LogP contribution in [0.4, 0.5) is 14.4 Å². The van der Waals surface area contributed by atoms with Gasteiger partial charge in [-0.2, -0.15) is 0 Å². The van der Waals surface area contributed by atoms with Crippen molar-refractivity contribution >= 4 is 18.3 Å². The van der Waals surface area contributed by atoms with Gasteiger partial charge in [-0.3, -0.25) is 4.90 Å². The molecule has 0 unspecified atom stereocenters. The molecule has 11 nitrogen and oxygen atoms in total. The van der Waals surface area contributed by atoms with Crippen LogP contribution in [0.5, 0.6) is 5.75 Å². The summed E-state index contributed by atoms with van der Waals surface area (Å²) in [6.45, 7) is 13.6. The van der Waals surface area contributed by atoms with Crippen molar-refractivity contribution in [1.82, 2.24) is 15.1 Å². The van der Waals surface area contributed by atoms with Crippen molar-refractivity contribution < 1.29 is 38.1 Å². The topological polar surface area (TPSA) is 116 Å². The van der Waals surface area contributed by atoms with E-state index < -0.39 is 47.8 Å². The van der Waals surface area contributed by atoms with Crippen molar-refractivity contribution in [3.63, 3.8) is 0 Å². The van der Waals surface area contributed by atoms with E-state index in [1.807, 2.05) is 24.3 Å². The average molecular weight is 550 g/mol. The lowest BCUT2D eigenvalue weighted by atomic mass is 10.0. The van der Waals surface area contributed by atoms with E-state index in [1.165, 1.54) is 4.90 Å². The largest absolute Gasteiger partial charge is 0.509 e. The molecule has 2 aliphatic rings. The normalized spacial score (nSPS) is 21.5. The number of hydrogen-bond acceptors (Lipinski definition) is 9. The molecule has 3 rings (SSSR count). The minimum atomic E-state index is -0.962. The van der Waals surface area contributed by atoms with Gasteiger partial charge in [0.15, 0.2) is 12.2 Å². The molecule has 0 radical (unpaired) electrons. The highest BCUT2D eigenvalue weighted by molar-refractivity contribution is 5.71. The summed E-state index contributed by atoms with van der Waals surface area (Å²) >= 11 is 0. The van der Waals surface area contributed by atoms with Crippen LogP contribution in [0.25, 0.3) is 0 Å². The highest BCUT2D eigenvalue weighted by atomic mass is 16.7. The molecule has 2 aliphatic heterocycles. The second-order valence-corrected chi connectivity index (χ2v) is 11.9. The number of amides is 2. The number of carbonyl (C=O) groups is 3. The van der Waals surface area contributed by atoms with Crippen molar-refractivity contribution in [3.8, 4) is 5.75 Å². The number of ether oxygens (including phenoxy) is 5. The monoisotopic (exact) mass is 549 g/mol. The molecule has 1 aromatic carbocycles. The molecule has 0 aromatic heterocycles. The van der Waals surface area contributed by atoms with Gasteiger partial charge in [0, 0.05) is 13.1 Å². The predicted octanol–water partition coefficient (Wildman–Crippen LogP) is 3.98. The highest BCUT2D eigenvalue weighted by Crippen LogP contribution is 2.30. The van der Waals surface area contributed by atoms with E-state index in [0.717, 1.165) is 31.6 Å². The van der Waals surface area contributed by atoms with Crippen LogP contribution in [0.3, 0.4) is 0 Å². The fourth-order valence-corrected chi connectivity index (χ4v) is 4.36. The first-order chi connectivity index (χ1) is 18.2. The van der Waals surface area contributed by atoms with Crippen molar-refractivity contribution in [2.75, 3.05) is 39.8 Å². The van der Waals surface area contributed by atoms with Gasteiger partial charge in [0.05, 0.1) is 19.7 Å². The maximum Gasteiger partial charge on any atom is 0.509 e. The molecular weight excluding hydrogens is 506 g/mol. The Morgan fingerprint density at radius 1 is 0.949 bits per heavy atom. The number of alkyl carbamates (subject to hydrolysis) is 1. The number of nitrogens with one attached hydrogen (secondary N) is 1. The summed E-state index contributed by atoms with van der Waals surface area (Å²) in [5.74, 6) is 0.690. The molecule has 2 fully saturated rings. The summed E-state index contributed by atoms with van der Waals surface area (Å²) in [6.07, 6.45) is -2.60. The maximum atomic E-state index is 13.3. The number of nitrogens with zero attached hydrogens (tertiary/aromatic N) is 2. The molecule has 0 bridgehead atoms. The summed E-state index contributed by atoms with van der Waals surface area (Å²) in [4.78, 5) is 42.5. The molecule has 2 saturated heterocycles. The summed E-state index contributed by atoms with van der Waals surface area (Å²) in [6, 6.07) is 6.71. The van der Waals surface area contributed by atoms with Crippen LogP contribution in [0.2, 0.25) is 0 Å². The SMILES string of the molecule is COc1ccc(C[C@@H]2[C@H](OC(=O)NCCN3CCC3)[C@@H](OC(=O)OC(C)(C)C)CN2C(=O)OC(C)(C)C)cc1. The Morgan fingerprint density at radius 2 is 1.59 bits per heavy atom. The first-order valence-corrected chi connectivity index (χ1v) is 13.4. The third-order valence-electron chi connectivity index (χ3n) is 6.28. The van der Waals surface area contributed by atoms with Gasteiger partial charge in [0.25, 0.3) is 0 Å². The molecule has 0 aliphatic carbocycles. The first-order valence-electron chi connectivity index (χ1n) is 13.4. The van der Waals surface area contributed by atoms with Gasteiger partial charge in [-0.15, -0.1) is 0 Å². The minimum absolute atomic E-state index is 0.0271. The standard InChI is InChI=1S/C28H43N3O8/c1-27(2,3)38-25(33)31-18-22(36-26(34)39-28(4,5)6)23(37-24(32)29-13-16-30-14-8-15-30)21(31)17-19-9-11-20(35-7)12-10-19/h9-12,21-23H,8,13-18H2,1-7H3,(H,29,32)/t21-,22+,23+/m1/s1. The molecular formula is C28H43N3O8. The number of benzene rings is 1. The molecule has 0 saturated carbocycles. The quantitative estimate of drug-likeness (QED) is 0.380. The summed E-state index contributed by atoms with van der Waals surface area (Å²) in [5, 5.41) is 2.78. The van der Waals surface area contributed by atoms with Crippen molar-refractivity contribution in [3.05, 3.63) is 29.8 Å². The minimum Gasteiger partial charge on any atom is -0.497 e. The average Bonchev–Trinajstić information content (AvgIpc) is 3.10. The summed E-state index contributed by atoms with van der Waals surface area (Å²) in [7, 11) is 1.58. The van der Waals surface area contributed by atoms with Crippen molar-refractivity contribution in [2.45, 2.75) is 83.8 Å².